The molecule has 0 saturated carbocycles. The van der Waals surface area contributed by atoms with Crippen LogP contribution >= 0.6 is 0 Å². The number of carbonyl (C=O) groups is 3. The van der Waals surface area contributed by atoms with E-state index >= 15 is 0 Å². The summed E-state index contributed by atoms with van der Waals surface area (Å²) in [6.45, 7) is 2.85. The summed E-state index contributed by atoms with van der Waals surface area (Å²) >= 11 is 0. The number of ether oxygens (including phenoxy) is 1. The lowest BCUT2D eigenvalue weighted by atomic mass is 10.1. The van der Waals surface area contributed by atoms with Gasteiger partial charge in [0.05, 0.1) is 12.7 Å². The van der Waals surface area contributed by atoms with Crippen molar-refractivity contribution < 1.29 is 27.9 Å². The highest BCUT2D eigenvalue weighted by atomic mass is 19.1. The minimum Gasteiger partial charge on any atom is -0.465 e. The first-order chi connectivity index (χ1) is 14.3. The number of benzene rings is 2. The van der Waals surface area contributed by atoms with Crippen molar-refractivity contribution >= 4 is 23.5 Å². The molecular formula is C22H24F2N2O4. The summed E-state index contributed by atoms with van der Waals surface area (Å²) < 4.78 is 30.5. The number of piperidine rings is 1. The summed E-state index contributed by atoms with van der Waals surface area (Å²) in [5.41, 5.74) is 0.592. The average Bonchev–Trinajstić information content (AvgIpc) is 2.74. The Bertz CT molecular complexity index is 912. The van der Waals surface area contributed by atoms with E-state index in [1.54, 1.807) is 11.0 Å². The number of ketones is 1. The molecule has 0 atom stereocenters. The molecule has 0 spiro atoms. The molecule has 1 saturated heterocycles. The number of amides is 2. The van der Waals surface area contributed by atoms with Gasteiger partial charge in [-0.1, -0.05) is 12.1 Å². The average molecular weight is 418 g/mol. The van der Waals surface area contributed by atoms with Crippen LogP contribution in [0.25, 0.3) is 0 Å². The first kappa shape index (κ1) is 23.0. The summed E-state index contributed by atoms with van der Waals surface area (Å²) in [4.78, 5) is 35.5. The fraction of sp³-hybridized carbons (Fsp3) is 0.318. The Morgan fingerprint density at radius 2 is 1.70 bits per heavy atom. The van der Waals surface area contributed by atoms with E-state index in [2.05, 4.69) is 10.1 Å². The molecule has 160 valence electrons. The highest BCUT2D eigenvalue weighted by Crippen LogP contribution is 2.17. The molecule has 1 heterocycles. The van der Waals surface area contributed by atoms with Crippen LogP contribution in [0, 0.1) is 11.6 Å². The Morgan fingerprint density at radius 1 is 1.00 bits per heavy atom. The maximum Gasteiger partial charge on any atom is 0.340 e. The fourth-order valence-electron chi connectivity index (χ4n) is 2.88. The predicted octanol–water partition coefficient (Wildman–Crippen LogP) is 4.66. The van der Waals surface area contributed by atoms with Gasteiger partial charge < -0.3 is 15.0 Å². The quantitative estimate of drug-likeness (QED) is 0.581. The molecule has 2 aromatic rings. The number of rotatable bonds is 3. The predicted molar refractivity (Wildman–Crippen MR) is 109 cm³/mol. The topological polar surface area (TPSA) is 75.7 Å². The number of likely N-dealkylation sites (tertiary alicyclic amines) is 1. The van der Waals surface area contributed by atoms with Crippen molar-refractivity contribution in [1.29, 1.82) is 0 Å². The Kier molecular flexibility index (Phi) is 8.46. The minimum absolute atomic E-state index is 0.112. The number of nitrogens with one attached hydrogen (secondary N) is 1. The van der Waals surface area contributed by atoms with E-state index in [1.165, 1.54) is 44.4 Å². The molecule has 30 heavy (non-hydrogen) atoms. The molecule has 1 aliphatic rings. The van der Waals surface area contributed by atoms with Gasteiger partial charge in [-0.25, -0.2) is 18.4 Å². The monoisotopic (exact) mass is 418 g/mol. The van der Waals surface area contributed by atoms with E-state index < -0.39 is 11.8 Å². The van der Waals surface area contributed by atoms with Gasteiger partial charge in [-0.15, -0.1) is 0 Å². The SMILES string of the molecule is CC(=O)c1cccc(F)c1.COC(=O)c1ccc(NC(=O)N2CCCCC2)cc1F. The maximum absolute atomic E-state index is 13.7. The number of methoxy groups -OCH3 is 1. The van der Waals surface area contributed by atoms with Gasteiger partial charge in [-0.3, -0.25) is 4.79 Å². The van der Waals surface area contributed by atoms with Gasteiger partial charge in [-0.05, 0) is 56.5 Å². The van der Waals surface area contributed by atoms with Gasteiger partial charge >= 0.3 is 12.0 Å². The van der Waals surface area contributed by atoms with E-state index in [4.69, 9.17) is 0 Å². The van der Waals surface area contributed by atoms with E-state index in [0.29, 0.717) is 24.3 Å². The van der Waals surface area contributed by atoms with Crippen molar-refractivity contribution in [3.05, 3.63) is 65.2 Å². The van der Waals surface area contributed by atoms with Crippen molar-refractivity contribution in [3.63, 3.8) is 0 Å². The Balaban J connectivity index is 0.000000269. The second kappa shape index (κ2) is 11.0. The van der Waals surface area contributed by atoms with Crippen LogP contribution in [-0.4, -0.2) is 42.9 Å². The first-order valence-electron chi connectivity index (χ1n) is 9.52. The number of nitrogens with zero attached hydrogens (tertiary/aromatic N) is 1. The number of hydrogen-bond donors (Lipinski definition) is 1. The molecule has 0 aliphatic carbocycles. The van der Waals surface area contributed by atoms with Crippen LogP contribution in [0.15, 0.2) is 42.5 Å². The number of esters is 1. The van der Waals surface area contributed by atoms with Gasteiger partial charge in [0.1, 0.15) is 11.6 Å². The zero-order valence-electron chi connectivity index (χ0n) is 16.9. The summed E-state index contributed by atoms with van der Waals surface area (Å²) in [6, 6.07) is 9.31. The van der Waals surface area contributed by atoms with Gasteiger partial charge in [0, 0.05) is 24.3 Å². The van der Waals surface area contributed by atoms with Crippen LogP contribution in [0.3, 0.4) is 0 Å². The summed E-state index contributed by atoms with van der Waals surface area (Å²) in [7, 11) is 1.19. The van der Waals surface area contributed by atoms with Crippen molar-refractivity contribution in [2.45, 2.75) is 26.2 Å². The molecule has 6 nitrogen and oxygen atoms in total. The number of carbonyl (C=O) groups excluding carboxylic acids is 3. The molecule has 8 heteroatoms. The zero-order valence-corrected chi connectivity index (χ0v) is 16.9. The van der Waals surface area contributed by atoms with Crippen molar-refractivity contribution in [1.82, 2.24) is 4.90 Å². The molecule has 2 amide bonds. The van der Waals surface area contributed by atoms with Gasteiger partial charge in [-0.2, -0.15) is 0 Å². The highest BCUT2D eigenvalue weighted by Gasteiger charge is 2.18. The van der Waals surface area contributed by atoms with Crippen molar-refractivity contribution in [3.8, 4) is 0 Å². The number of urea groups is 1. The Labute approximate surface area is 173 Å². The second-order valence-electron chi connectivity index (χ2n) is 6.73. The van der Waals surface area contributed by atoms with E-state index in [9.17, 15) is 23.2 Å². The molecule has 0 bridgehead atoms. The highest BCUT2D eigenvalue weighted by molar-refractivity contribution is 5.94. The van der Waals surface area contributed by atoms with Crippen LogP contribution in [0.4, 0.5) is 19.3 Å². The molecule has 0 aromatic heterocycles. The molecular weight excluding hydrogens is 394 g/mol. The molecule has 2 aromatic carbocycles. The number of anilines is 1. The number of halogens is 2. The lowest BCUT2D eigenvalue weighted by molar-refractivity contribution is 0.0595. The Hall–Kier alpha value is -3.29. The van der Waals surface area contributed by atoms with E-state index in [1.807, 2.05) is 0 Å². The van der Waals surface area contributed by atoms with Crippen molar-refractivity contribution in [2.24, 2.45) is 0 Å². The van der Waals surface area contributed by atoms with Gasteiger partial charge in [0.15, 0.2) is 5.78 Å². The third-order valence-corrected chi connectivity index (χ3v) is 4.50. The number of hydrogen-bond acceptors (Lipinski definition) is 4. The van der Waals surface area contributed by atoms with E-state index in [0.717, 1.165) is 25.3 Å². The first-order valence-corrected chi connectivity index (χ1v) is 9.52. The van der Waals surface area contributed by atoms with Crippen molar-refractivity contribution in [2.75, 3.05) is 25.5 Å². The molecule has 1 N–H and O–H groups in total. The smallest absolute Gasteiger partial charge is 0.340 e. The summed E-state index contributed by atoms with van der Waals surface area (Å²) in [5, 5.41) is 2.63. The lowest BCUT2D eigenvalue weighted by Crippen LogP contribution is -2.38. The summed E-state index contributed by atoms with van der Waals surface area (Å²) in [5.74, 6) is -1.93. The normalized spacial score (nSPS) is 13.0. The maximum atomic E-state index is 13.7. The second-order valence-corrected chi connectivity index (χ2v) is 6.73. The van der Waals surface area contributed by atoms with Crippen LogP contribution in [0.1, 0.15) is 46.9 Å². The van der Waals surface area contributed by atoms with Crippen LogP contribution in [0.2, 0.25) is 0 Å². The lowest BCUT2D eigenvalue weighted by Gasteiger charge is -2.26. The molecule has 0 unspecified atom stereocenters. The molecule has 3 rings (SSSR count). The zero-order chi connectivity index (χ0) is 22.1. The molecule has 1 aliphatic heterocycles. The minimum atomic E-state index is -0.739. The fourth-order valence-corrected chi connectivity index (χ4v) is 2.88. The van der Waals surface area contributed by atoms with Gasteiger partial charge in [0.2, 0.25) is 0 Å². The van der Waals surface area contributed by atoms with Crippen LogP contribution in [0.5, 0.6) is 0 Å². The standard InChI is InChI=1S/C14H17FN2O3.C8H7FO/c1-20-13(18)11-6-5-10(9-12(11)15)16-14(19)17-7-3-2-4-8-17;1-6(10)7-3-2-4-8(9)5-7/h5-6,9H,2-4,7-8H2,1H3,(H,16,19);2-5H,1H3. The summed E-state index contributed by atoms with van der Waals surface area (Å²) in [6.07, 6.45) is 3.11. The molecule has 1 fully saturated rings. The largest absolute Gasteiger partial charge is 0.465 e. The van der Waals surface area contributed by atoms with Crippen LogP contribution < -0.4 is 5.32 Å². The number of Topliss-reactive ketones (excluding diaryl/α,β-unsaturated/α-hetero) is 1. The third-order valence-electron chi connectivity index (χ3n) is 4.50. The van der Waals surface area contributed by atoms with E-state index in [-0.39, 0.29) is 23.2 Å². The molecule has 0 radical (unpaired) electrons. The Morgan fingerprint density at radius 3 is 2.23 bits per heavy atom. The third kappa shape index (κ3) is 6.65. The van der Waals surface area contributed by atoms with Gasteiger partial charge in [0.25, 0.3) is 0 Å². The van der Waals surface area contributed by atoms with Crippen LogP contribution in [-0.2, 0) is 4.74 Å².